The Morgan fingerprint density at radius 2 is 2.06 bits per heavy atom. The van der Waals surface area contributed by atoms with Crippen molar-refractivity contribution in [3.8, 4) is 0 Å². The normalized spacial score (nSPS) is 12.1. The maximum Gasteiger partial charge on any atom is 0.233 e. The molecule has 0 heterocycles. The molecule has 0 fully saturated rings. The molecule has 0 aliphatic carbocycles. The molecule has 0 saturated carbocycles. The van der Waals surface area contributed by atoms with Crippen molar-refractivity contribution in [3.05, 3.63) is 0 Å². The third-order valence-electron chi connectivity index (χ3n) is 2.30. The molecule has 16 heavy (non-hydrogen) atoms. The van der Waals surface area contributed by atoms with Crippen molar-refractivity contribution in [2.75, 3.05) is 19.8 Å². The summed E-state index contributed by atoms with van der Waals surface area (Å²) in [6, 6.07) is 0. The van der Waals surface area contributed by atoms with E-state index in [1.54, 1.807) is 0 Å². The van der Waals surface area contributed by atoms with Crippen LogP contribution in [0.5, 0.6) is 0 Å². The van der Waals surface area contributed by atoms with Crippen molar-refractivity contribution in [3.63, 3.8) is 0 Å². The van der Waals surface area contributed by atoms with E-state index < -0.39 is 0 Å². The van der Waals surface area contributed by atoms with Gasteiger partial charge in [-0.05, 0) is 12.8 Å². The van der Waals surface area contributed by atoms with Gasteiger partial charge in [-0.2, -0.15) is 0 Å². The number of amides is 2. The number of nitrogens with two attached hydrogens (primary N) is 2. The van der Waals surface area contributed by atoms with E-state index in [1.165, 1.54) is 0 Å². The third kappa shape index (κ3) is 8.19. The Balaban J connectivity index is 0. The van der Waals surface area contributed by atoms with Crippen molar-refractivity contribution in [2.45, 2.75) is 26.2 Å². The molecular weight excluding hydrogens is 208 g/mol. The van der Waals surface area contributed by atoms with Gasteiger partial charge in [0.25, 0.3) is 0 Å². The average molecular weight is 232 g/mol. The van der Waals surface area contributed by atoms with Crippen molar-refractivity contribution >= 4 is 11.8 Å². The number of hydrogen-bond acceptors (Lipinski definition) is 4. The Hall–Kier alpha value is -1.14. The molecule has 1 unspecified atom stereocenters. The van der Waals surface area contributed by atoms with E-state index in [4.69, 9.17) is 11.5 Å². The van der Waals surface area contributed by atoms with E-state index in [0.29, 0.717) is 13.2 Å². The predicted octanol–water partition coefficient (Wildman–Crippen LogP) is -0.854. The van der Waals surface area contributed by atoms with Crippen LogP contribution in [0.25, 0.3) is 0 Å². The Morgan fingerprint density at radius 3 is 2.62 bits per heavy atom. The molecule has 0 aromatic heterocycles. The quantitative estimate of drug-likeness (QED) is 0.306. The first-order valence-corrected chi connectivity index (χ1v) is 5.54. The number of unbranched alkanes of at least 4 members (excludes halogenated alkanes) is 1. The van der Waals surface area contributed by atoms with Gasteiger partial charge in [0.15, 0.2) is 0 Å². The summed E-state index contributed by atoms with van der Waals surface area (Å²) >= 11 is 0. The van der Waals surface area contributed by atoms with Crippen LogP contribution in [0, 0.1) is 5.92 Å². The number of carbonyl (C=O) groups is 2. The highest BCUT2D eigenvalue weighted by Gasteiger charge is 2.07. The van der Waals surface area contributed by atoms with Crippen molar-refractivity contribution < 1.29 is 11.0 Å². The zero-order valence-corrected chi connectivity index (χ0v) is 9.79. The molecule has 0 bridgehead atoms. The topological polar surface area (TPSA) is 110 Å². The lowest BCUT2D eigenvalue weighted by atomic mass is 10.0. The van der Waals surface area contributed by atoms with Crippen LogP contribution in [0.1, 0.15) is 27.6 Å². The fourth-order valence-electron chi connectivity index (χ4n) is 1.19. The highest BCUT2D eigenvalue weighted by molar-refractivity contribution is 5.77. The van der Waals surface area contributed by atoms with Gasteiger partial charge < -0.3 is 16.8 Å². The number of carbonyl (C=O) groups excluding carboxylic acids is 2. The SMILES string of the molecule is CC(CCCCNC(=O)CNCN)C(N)=O.[HH]. The van der Waals surface area contributed by atoms with Crippen LogP contribution in [0.15, 0.2) is 0 Å². The largest absolute Gasteiger partial charge is 0.369 e. The zero-order valence-electron chi connectivity index (χ0n) is 9.79. The number of primary amides is 1. The van der Waals surface area contributed by atoms with Gasteiger partial charge in [-0.1, -0.05) is 13.3 Å². The van der Waals surface area contributed by atoms with Crippen LogP contribution in [0.2, 0.25) is 0 Å². The van der Waals surface area contributed by atoms with Gasteiger partial charge in [0.05, 0.1) is 6.54 Å². The van der Waals surface area contributed by atoms with Crippen LogP contribution < -0.4 is 22.1 Å². The Morgan fingerprint density at radius 1 is 1.38 bits per heavy atom. The van der Waals surface area contributed by atoms with Gasteiger partial charge in [-0.25, -0.2) is 0 Å². The minimum atomic E-state index is -0.267. The second-order valence-electron chi connectivity index (χ2n) is 3.78. The molecule has 0 rings (SSSR count). The van der Waals surface area contributed by atoms with E-state index in [0.717, 1.165) is 19.3 Å². The smallest absolute Gasteiger partial charge is 0.233 e. The fourth-order valence-corrected chi connectivity index (χ4v) is 1.19. The maximum absolute atomic E-state index is 11.1. The lowest BCUT2D eigenvalue weighted by Gasteiger charge is -2.07. The van der Waals surface area contributed by atoms with Crippen LogP contribution in [-0.2, 0) is 9.59 Å². The molecule has 2 amide bonds. The average Bonchev–Trinajstić information content (AvgIpc) is 2.25. The fraction of sp³-hybridized carbons (Fsp3) is 0.800. The Kier molecular flexibility index (Phi) is 8.46. The highest BCUT2D eigenvalue weighted by Crippen LogP contribution is 2.05. The van der Waals surface area contributed by atoms with Crippen LogP contribution in [0.4, 0.5) is 0 Å². The summed E-state index contributed by atoms with van der Waals surface area (Å²) in [4.78, 5) is 21.8. The van der Waals surface area contributed by atoms with Crippen LogP contribution in [-0.4, -0.2) is 31.6 Å². The molecule has 0 aromatic carbocycles. The molecule has 0 aliphatic rings. The Labute approximate surface area is 97.6 Å². The monoisotopic (exact) mass is 232 g/mol. The van der Waals surface area contributed by atoms with Gasteiger partial charge in [-0.3, -0.25) is 14.9 Å². The molecule has 6 N–H and O–H groups in total. The molecule has 6 heteroatoms. The van der Waals surface area contributed by atoms with Crippen LogP contribution >= 0.6 is 0 Å². The predicted molar refractivity (Wildman–Crippen MR) is 64.4 cm³/mol. The van der Waals surface area contributed by atoms with Gasteiger partial charge in [0.1, 0.15) is 0 Å². The minimum Gasteiger partial charge on any atom is -0.369 e. The first kappa shape index (κ1) is 14.9. The molecule has 6 nitrogen and oxygen atoms in total. The third-order valence-corrected chi connectivity index (χ3v) is 2.30. The lowest BCUT2D eigenvalue weighted by Crippen LogP contribution is -2.36. The molecule has 96 valence electrons. The Bertz CT molecular complexity index is 226. The summed E-state index contributed by atoms with van der Waals surface area (Å²) in [5.41, 5.74) is 10.3. The van der Waals surface area contributed by atoms with Gasteiger partial charge in [0, 0.05) is 20.6 Å². The molecule has 0 radical (unpaired) electrons. The maximum atomic E-state index is 11.1. The van der Waals surface area contributed by atoms with E-state index in [-0.39, 0.29) is 25.7 Å². The first-order chi connectivity index (χ1) is 7.57. The lowest BCUT2D eigenvalue weighted by molar-refractivity contribution is -0.122. The summed E-state index contributed by atoms with van der Waals surface area (Å²) in [5, 5.41) is 5.47. The van der Waals surface area contributed by atoms with Crippen molar-refractivity contribution in [2.24, 2.45) is 17.4 Å². The van der Waals surface area contributed by atoms with Gasteiger partial charge >= 0.3 is 0 Å². The van der Waals surface area contributed by atoms with E-state index in [2.05, 4.69) is 10.6 Å². The summed E-state index contributed by atoms with van der Waals surface area (Å²) in [6.45, 7) is 2.97. The van der Waals surface area contributed by atoms with Crippen LogP contribution in [0.3, 0.4) is 0 Å². The molecule has 0 spiro atoms. The number of nitrogens with one attached hydrogen (secondary N) is 2. The summed E-state index contributed by atoms with van der Waals surface area (Å²) in [7, 11) is 0. The molecule has 0 aromatic rings. The molecule has 0 aliphatic heterocycles. The molecular formula is C10H24N4O2. The van der Waals surface area contributed by atoms with E-state index in [1.807, 2.05) is 6.92 Å². The highest BCUT2D eigenvalue weighted by atomic mass is 16.2. The zero-order chi connectivity index (χ0) is 12.4. The van der Waals surface area contributed by atoms with E-state index in [9.17, 15) is 9.59 Å². The standard InChI is InChI=1S/C10H22N4O2.H2/c1-8(10(12)16)4-2-3-5-14-9(15)6-13-7-11;/h8,13H,2-7,11H2,1H3,(H2,12,16)(H,14,15);1H. The number of rotatable bonds is 9. The molecule has 0 saturated heterocycles. The van der Waals surface area contributed by atoms with Gasteiger partial charge in [0.2, 0.25) is 11.8 Å². The van der Waals surface area contributed by atoms with Crippen molar-refractivity contribution in [1.29, 1.82) is 0 Å². The summed E-state index contributed by atoms with van der Waals surface area (Å²) in [6.07, 6.45) is 2.51. The summed E-state index contributed by atoms with van der Waals surface area (Å²) < 4.78 is 0. The minimum absolute atomic E-state index is 0. The van der Waals surface area contributed by atoms with Gasteiger partial charge in [-0.15, -0.1) is 0 Å². The molecule has 1 atom stereocenters. The summed E-state index contributed by atoms with van der Waals surface area (Å²) in [5.74, 6) is -0.417. The second-order valence-corrected chi connectivity index (χ2v) is 3.78. The number of hydrogen-bond donors (Lipinski definition) is 4. The van der Waals surface area contributed by atoms with E-state index >= 15 is 0 Å². The van der Waals surface area contributed by atoms with Crippen molar-refractivity contribution in [1.82, 2.24) is 10.6 Å². The first-order valence-electron chi connectivity index (χ1n) is 5.54. The second kappa shape index (κ2) is 9.11.